The summed E-state index contributed by atoms with van der Waals surface area (Å²) in [6.07, 6.45) is -27.1. The van der Waals surface area contributed by atoms with Crippen molar-refractivity contribution in [2.75, 3.05) is 0 Å². The third-order valence-corrected chi connectivity index (χ3v) is 7.47. The van der Waals surface area contributed by atoms with Crippen LogP contribution in [0.15, 0.2) is 29.8 Å². The Morgan fingerprint density at radius 2 is 0.732 bits per heavy atom. The molecule has 0 heterocycles. The maximum absolute atomic E-state index is 14.5. The Kier molecular flexibility index (Phi) is 12.9. The van der Waals surface area contributed by atoms with Crippen molar-refractivity contribution in [1.82, 2.24) is 0 Å². The number of benzene rings is 1. The van der Waals surface area contributed by atoms with Gasteiger partial charge >= 0.3 is 83.5 Å². The van der Waals surface area contributed by atoms with Crippen molar-refractivity contribution < 1.29 is 134 Å². The first-order chi connectivity index (χ1) is 24.3. The van der Waals surface area contributed by atoms with E-state index in [4.69, 9.17) is 0 Å². The lowest BCUT2D eigenvalue weighted by molar-refractivity contribution is -0.440. The third-order valence-electron chi connectivity index (χ3n) is 7.47. The molecule has 0 saturated carbocycles. The van der Waals surface area contributed by atoms with Crippen molar-refractivity contribution in [3.63, 3.8) is 0 Å². The van der Waals surface area contributed by atoms with Crippen LogP contribution in [0.1, 0.15) is 30.4 Å². The Bertz CT molecular complexity index is 1640. The molecule has 0 atom stereocenters. The topological polar surface area (TPSA) is 74.6 Å². The normalized spacial score (nSPS) is 15.2. The lowest BCUT2D eigenvalue weighted by Crippen LogP contribution is -2.70. The van der Waals surface area contributed by atoms with Gasteiger partial charge in [0.15, 0.2) is 0 Å². The molecule has 1 rings (SSSR count). The molecule has 0 amide bonds. The first kappa shape index (κ1) is 50.1. The molecule has 0 fully saturated rings. The van der Waals surface area contributed by atoms with Crippen LogP contribution in [0.3, 0.4) is 0 Å². The van der Waals surface area contributed by atoms with Gasteiger partial charge in [0.1, 0.15) is 5.57 Å². The standard InChI is InChI=1S/C26H14F26O4/c27-15(28,17(31,32)19(35,36)21(39,40)23(43,44)25(47,48)49)7-5-9-3-1-2-4-10(9)11(12(13(53)54)14(55)56)6-8-16(29,30)18(33,34)20(37,38)22(41,42)24(45,46)26(50,51)52/h1-4H,5-8H2,(H,53,54)(H,55,56). The molecule has 2 N–H and O–H groups in total. The highest BCUT2D eigenvalue weighted by Crippen LogP contribution is 2.62. The second-order valence-electron chi connectivity index (χ2n) is 11.1. The lowest BCUT2D eigenvalue weighted by Gasteiger charge is -2.40. The van der Waals surface area contributed by atoms with Crippen molar-refractivity contribution in [2.24, 2.45) is 0 Å². The maximum atomic E-state index is 14.5. The summed E-state index contributed by atoms with van der Waals surface area (Å²) in [5, 5.41) is 18.4. The van der Waals surface area contributed by atoms with E-state index in [-0.39, 0.29) is 12.1 Å². The van der Waals surface area contributed by atoms with E-state index in [0.29, 0.717) is 12.1 Å². The van der Waals surface area contributed by atoms with Gasteiger partial charge in [-0.2, -0.15) is 114 Å². The first-order valence-corrected chi connectivity index (χ1v) is 13.5. The number of halogens is 26. The average molecular weight is 884 g/mol. The number of carbonyl (C=O) groups is 2. The number of carboxylic acid groups (broad SMARTS) is 2. The Balaban J connectivity index is 3.85. The molecule has 0 bridgehead atoms. The zero-order chi connectivity index (χ0) is 45.1. The number of aliphatic carboxylic acids is 2. The molecule has 56 heavy (non-hydrogen) atoms. The smallest absolute Gasteiger partial charge is 0.460 e. The lowest BCUT2D eigenvalue weighted by atomic mass is 9.85. The minimum Gasteiger partial charge on any atom is -0.477 e. The largest absolute Gasteiger partial charge is 0.477 e. The summed E-state index contributed by atoms with van der Waals surface area (Å²) in [6, 6.07) is 1.15. The molecule has 324 valence electrons. The van der Waals surface area contributed by atoms with Gasteiger partial charge < -0.3 is 10.2 Å². The van der Waals surface area contributed by atoms with Gasteiger partial charge in [0.2, 0.25) is 0 Å². The fourth-order valence-corrected chi connectivity index (χ4v) is 4.27. The zero-order valence-corrected chi connectivity index (χ0v) is 25.7. The number of aryl methyl sites for hydroxylation is 1. The molecule has 0 aliphatic rings. The van der Waals surface area contributed by atoms with Crippen LogP contribution in [0.4, 0.5) is 114 Å². The fraction of sp³-hybridized carbons (Fsp3) is 0.615. The summed E-state index contributed by atoms with van der Waals surface area (Å²) in [6.45, 7) is 0. The van der Waals surface area contributed by atoms with Crippen molar-refractivity contribution in [2.45, 2.75) is 97.3 Å². The van der Waals surface area contributed by atoms with E-state index in [9.17, 15) is 134 Å². The highest BCUT2D eigenvalue weighted by Gasteiger charge is 2.92. The molecule has 0 aliphatic heterocycles. The second-order valence-corrected chi connectivity index (χ2v) is 11.1. The van der Waals surface area contributed by atoms with Crippen molar-refractivity contribution in [1.29, 1.82) is 0 Å². The van der Waals surface area contributed by atoms with Gasteiger partial charge in [-0.1, -0.05) is 24.3 Å². The van der Waals surface area contributed by atoms with E-state index in [2.05, 4.69) is 0 Å². The highest BCUT2D eigenvalue weighted by atomic mass is 19.4. The van der Waals surface area contributed by atoms with Gasteiger partial charge in [-0.05, 0) is 29.5 Å². The van der Waals surface area contributed by atoms with Crippen molar-refractivity contribution >= 4 is 17.5 Å². The Morgan fingerprint density at radius 3 is 1.05 bits per heavy atom. The van der Waals surface area contributed by atoms with Crippen LogP contribution in [-0.2, 0) is 16.0 Å². The van der Waals surface area contributed by atoms with E-state index < -0.39 is 131 Å². The zero-order valence-electron chi connectivity index (χ0n) is 25.7. The van der Waals surface area contributed by atoms with Crippen LogP contribution in [0.2, 0.25) is 0 Å². The van der Waals surface area contributed by atoms with E-state index in [1.165, 1.54) is 0 Å². The predicted octanol–water partition coefficient (Wildman–Crippen LogP) is 10.8. The average Bonchev–Trinajstić information content (AvgIpc) is 2.99. The molecular weight excluding hydrogens is 870 g/mol. The number of hydrogen-bond acceptors (Lipinski definition) is 2. The van der Waals surface area contributed by atoms with Crippen LogP contribution >= 0.6 is 0 Å². The molecule has 30 heteroatoms. The summed E-state index contributed by atoms with van der Waals surface area (Å²) in [5.41, 5.74) is -7.64. The summed E-state index contributed by atoms with van der Waals surface area (Å²) >= 11 is 0. The number of carboxylic acids is 2. The number of alkyl halides is 26. The van der Waals surface area contributed by atoms with E-state index in [1.807, 2.05) is 0 Å². The number of rotatable bonds is 17. The summed E-state index contributed by atoms with van der Waals surface area (Å²) in [5.74, 6) is -85.8. The molecular formula is C26H14F26O4. The monoisotopic (exact) mass is 884 g/mol. The van der Waals surface area contributed by atoms with Crippen LogP contribution in [-0.4, -0.2) is 93.7 Å². The number of hydrogen-bond donors (Lipinski definition) is 2. The van der Waals surface area contributed by atoms with Crippen LogP contribution in [0.25, 0.3) is 5.57 Å². The quantitative estimate of drug-likeness (QED) is 0.0707. The maximum Gasteiger partial charge on any atom is 0.460 e. The molecule has 0 aromatic heterocycles. The van der Waals surface area contributed by atoms with E-state index in [0.717, 1.165) is 0 Å². The Hall–Kier alpha value is -3.92. The van der Waals surface area contributed by atoms with Crippen LogP contribution < -0.4 is 0 Å². The minimum atomic E-state index is -8.44. The van der Waals surface area contributed by atoms with Crippen LogP contribution in [0.5, 0.6) is 0 Å². The molecule has 0 saturated heterocycles. The molecule has 0 spiro atoms. The van der Waals surface area contributed by atoms with Crippen molar-refractivity contribution in [3.05, 3.63) is 41.0 Å². The van der Waals surface area contributed by atoms with E-state index in [1.54, 1.807) is 0 Å². The van der Waals surface area contributed by atoms with Crippen LogP contribution in [0, 0.1) is 0 Å². The molecule has 0 aliphatic carbocycles. The van der Waals surface area contributed by atoms with E-state index >= 15 is 0 Å². The first-order valence-electron chi connectivity index (χ1n) is 13.5. The number of allylic oxidation sites excluding steroid dienone is 1. The van der Waals surface area contributed by atoms with Gasteiger partial charge in [0.25, 0.3) is 0 Å². The predicted molar refractivity (Wildman–Crippen MR) is 128 cm³/mol. The summed E-state index contributed by atoms with van der Waals surface area (Å²) < 4.78 is 351. The summed E-state index contributed by atoms with van der Waals surface area (Å²) in [7, 11) is 0. The Labute approximate surface area is 290 Å². The highest BCUT2D eigenvalue weighted by molar-refractivity contribution is 6.18. The molecule has 0 unspecified atom stereocenters. The summed E-state index contributed by atoms with van der Waals surface area (Å²) in [4.78, 5) is 23.2. The third kappa shape index (κ3) is 7.71. The molecule has 1 aromatic rings. The fourth-order valence-electron chi connectivity index (χ4n) is 4.27. The van der Waals surface area contributed by atoms with Gasteiger partial charge in [-0.25, -0.2) is 9.59 Å². The van der Waals surface area contributed by atoms with Gasteiger partial charge in [-0.3, -0.25) is 0 Å². The Morgan fingerprint density at radius 1 is 0.429 bits per heavy atom. The minimum absolute atomic E-state index is 0.0996. The molecule has 0 radical (unpaired) electrons. The molecule has 1 aromatic carbocycles. The molecule has 4 nitrogen and oxygen atoms in total. The van der Waals surface area contributed by atoms with Gasteiger partial charge in [0, 0.05) is 12.8 Å². The van der Waals surface area contributed by atoms with Crippen molar-refractivity contribution in [3.8, 4) is 0 Å². The second kappa shape index (κ2) is 14.5. The SMILES string of the molecule is O=C(O)C(C(=O)O)=C(CCC(F)(F)C(F)(F)C(F)(F)C(F)(F)C(F)(F)C(F)(F)F)c1ccccc1CCC(F)(F)C(F)(F)C(F)(F)C(F)(F)C(F)(F)C(F)(F)F. The van der Waals surface area contributed by atoms with Gasteiger partial charge in [-0.15, -0.1) is 0 Å². The van der Waals surface area contributed by atoms with Gasteiger partial charge in [0.05, 0.1) is 0 Å².